The zero-order chi connectivity index (χ0) is 26.4. The molecule has 10 heteroatoms. The Kier molecular flexibility index (Phi) is 8.17. The molecule has 1 N–H and O–H groups in total. The number of benzene rings is 2. The fourth-order valence-corrected chi connectivity index (χ4v) is 4.15. The van der Waals surface area contributed by atoms with Crippen LogP contribution >= 0.6 is 0 Å². The van der Waals surface area contributed by atoms with Crippen LogP contribution in [0.5, 0.6) is 5.75 Å². The maximum atomic E-state index is 12.3. The second-order valence-corrected chi connectivity index (χ2v) is 8.75. The Balaban J connectivity index is 1.67. The molecular weight excluding hydrogens is 475 g/mol. The highest BCUT2D eigenvalue weighted by atomic mass is 19.1. The number of hydrogen-bond donors (Lipinski definition) is 1. The third-order valence-electron chi connectivity index (χ3n) is 5.92. The minimum atomic E-state index is -0.655. The van der Waals surface area contributed by atoms with E-state index in [1.807, 2.05) is 92.1 Å². The van der Waals surface area contributed by atoms with E-state index in [4.69, 9.17) is 14.6 Å². The topological polar surface area (TPSA) is 94.4 Å². The molecule has 0 saturated carbocycles. The highest BCUT2D eigenvalue weighted by Gasteiger charge is 2.21. The summed E-state index contributed by atoms with van der Waals surface area (Å²) >= 11 is 0. The zero-order valence-electron chi connectivity index (χ0n) is 21.4. The molecule has 4 rings (SSSR count). The monoisotopic (exact) mass is 506 g/mol. The number of anilines is 1. The summed E-state index contributed by atoms with van der Waals surface area (Å²) in [4.78, 5) is 13.7. The summed E-state index contributed by atoms with van der Waals surface area (Å²) in [5, 5.41) is 16.9. The summed E-state index contributed by atoms with van der Waals surface area (Å²) < 4.78 is 25.9. The van der Waals surface area contributed by atoms with Gasteiger partial charge in [-0.3, -0.25) is 0 Å². The van der Waals surface area contributed by atoms with Gasteiger partial charge in [-0.1, -0.05) is 42.5 Å². The molecule has 0 aliphatic carbocycles. The van der Waals surface area contributed by atoms with Gasteiger partial charge in [0.2, 0.25) is 0 Å². The minimum absolute atomic E-state index is 0.0809. The van der Waals surface area contributed by atoms with Gasteiger partial charge in [0, 0.05) is 27.1 Å². The Bertz CT molecular complexity index is 1360. The molecule has 0 spiro atoms. The number of hydrogen-bond acceptors (Lipinski definition) is 7. The Hall–Kier alpha value is -4.21. The van der Waals surface area contributed by atoms with E-state index < -0.39 is 18.9 Å². The standard InChI is InChI=1S/C27H31FN6O3/c1-18-24-19(2)34(32-25(24)26(31-30-18)33(3)4)21-12-8-9-13-23(21)37-22(20-10-6-5-7-11-20)14-17-36-27(35)29-16-15-28/h5-13,22H,14-17H2,1-4H3,(H,29,35). The van der Waals surface area contributed by atoms with E-state index in [0.717, 1.165) is 33.5 Å². The van der Waals surface area contributed by atoms with E-state index in [1.165, 1.54) is 0 Å². The maximum Gasteiger partial charge on any atom is 0.407 e. The molecule has 2 aromatic carbocycles. The first-order valence-corrected chi connectivity index (χ1v) is 12.1. The van der Waals surface area contributed by atoms with Crippen molar-refractivity contribution < 1.29 is 18.7 Å². The normalized spacial score (nSPS) is 11.8. The first kappa shape index (κ1) is 25.9. The highest BCUT2D eigenvalue weighted by molar-refractivity contribution is 5.92. The summed E-state index contributed by atoms with van der Waals surface area (Å²) in [6, 6.07) is 17.4. The van der Waals surface area contributed by atoms with E-state index in [-0.39, 0.29) is 13.2 Å². The number of aryl methyl sites for hydroxylation is 2. The van der Waals surface area contributed by atoms with Gasteiger partial charge in [-0.25, -0.2) is 13.9 Å². The van der Waals surface area contributed by atoms with E-state index >= 15 is 0 Å². The van der Waals surface area contributed by atoms with Crippen LogP contribution in [0.3, 0.4) is 0 Å². The molecule has 2 aromatic heterocycles. The van der Waals surface area contributed by atoms with Crippen molar-refractivity contribution in [1.82, 2.24) is 25.3 Å². The van der Waals surface area contributed by atoms with Crippen molar-refractivity contribution in [2.24, 2.45) is 0 Å². The van der Waals surface area contributed by atoms with Crippen LogP contribution in [0.15, 0.2) is 54.6 Å². The molecule has 4 aromatic rings. The van der Waals surface area contributed by atoms with Crippen LogP contribution in [0.1, 0.15) is 29.5 Å². The second kappa shape index (κ2) is 11.7. The fraction of sp³-hybridized carbons (Fsp3) is 0.333. The van der Waals surface area contributed by atoms with Crippen molar-refractivity contribution in [3.8, 4) is 11.4 Å². The average Bonchev–Trinajstić information content (AvgIpc) is 3.25. The van der Waals surface area contributed by atoms with Crippen LogP contribution in [0.4, 0.5) is 15.0 Å². The lowest BCUT2D eigenvalue weighted by Crippen LogP contribution is -2.27. The van der Waals surface area contributed by atoms with Crippen LogP contribution in [0.2, 0.25) is 0 Å². The van der Waals surface area contributed by atoms with Gasteiger partial charge in [0.05, 0.1) is 23.4 Å². The molecule has 1 amide bonds. The number of nitrogens with one attached hydrogen (secondary N) is 1. The summed E-state index contributed by atoms with van der Waals surface area (Å²) in [6.07, 6.45) is -0.652. The molecule has 1 atom stereocenters. The van der Waals surface area contributed by atoms with Crippen LogP contribution in [-0.4, -0.2) is 60.0 Å². The molecule has 1 unspecified atom stereocenters. The van der Waals surface area contributed by atoms with Crippen molar-refractivity contribution in [1.29, 1.82) is 0 Å². The molecule has 194 valence electrons. The van der Waals surface area contributed by atoms with Gasteiger partial charge >= 0.3 is 6.09 Å². The van der Waals surface area contributed by atoms with Gasteiger partial charge < -0.3 is 19.7 Å². The lowest BCUT2D eigenvalue weighted by atomic mass is 10.1. The molecule has 0 aliphatic heterocycles. The van der Waals surface area contributed by atoms with Gasteiger partial charge in [0.25, 0.3) is 0 Å². The number of nitrogens with zero attached hydrogens (tertiary/aromatic N) is 5. The Morgan fingerprint density at radius 3 is 2.54 bits per heavy atom. The predicted octanol–water partition coefficient (Wildman–Crippen LogP) is 4.70. The van der Waals surface area contributed by atoms with Gasteiger partial charge in [0.15, 0.2) is 5.82 Å². The van der Waals surface area contributed by atoms with Crippen LogP contribution in [0.25, 0.3) is 16.6 Å². The Morgan fingerprint density at radius 2 is 1.81 bits per heavy atom. The molecule has 0 fully saturated rings. The first-order chi connectivity index (χ1) is 17.9. The number of amides is 1. The Morgan fingerprint density at radius 1 is 1.08 bits per heavy atom. The molecule has 37 heavy (non-hydrogen) atoms. The Labute approximate surface area is 215 Å². The number of rotatable bonds is 10. The molecule has 0 aliphatic rings. The van der Waals surface area contributed by atoms with Gasteiger partial charge in [-0.15, -0.1) is 5.10 Å². The average molecular weight is 507 g/mol. The lowest BCUT2D eigenvalue weighted by Gasteiger charge is -2.22. The number of para-hydroxylation sites is 2. The van der Waals surface area contributed by atoms with Crippen LogP contribution in [0, 0.1) is 13.8 Å². The van der Waals surface area contributed by atoms with E-state index in [9.17, 15) is 9.18 Å². The number of carbonyl (C=O) groups is 1. The quantitative estimate of drug-likeness (QED) is 0.333. The van der Waals surface area contributed by atoms with Crippen LogP contribution < -0.4 is 15.0 Å². The van der Waals surface area contributed by atoms with Crippen molar-refractivity contribution in [3.63, 3.8) is 0 Å². The lowest BCUT2D eigenvalue weighted by molar-refractivity contribution is 0.115. The SMILES string of the molecule is Cc1nnc(N(C)C)c2nn(-c3ccccc3OC(CCOC(=O)NCCF)c3ccccc3)c(C)c12. The summed E-state index contributed by atoms with van der Waals surface area (Å²) in [5.41, 5.74) is 4.19. The summed E-state index contributed by atoms with van der Waals surface area (Å²) in [7, 11) is 3.82. The van der Waals surface area contributed by atoms with Gasteiger partial charge in [0.1, 0.15) is 29.7 Å². The zero-order valence-corrected chi connectivity index (χ0v) is 21.4. The largest absolute Gasteiger partial charge is 0.483 e. The number of aromatic nitrogens is 4. The van der Waals surface area contributed by atoms with Crippen molar-refractivity contribution in [2.45, 2.75) is 26.4 Å². The molecule has 0 bridgehead atoms. The molecule has 9 nitrogen and oxygen atoms in total. The van der Waals surface area contributed by atoms with Crippen LogP contribution in [-0.2, 0) is 4.74 Å². The van der Waals surface area contributed by atoms with Crippen molar-refractivity contribution in [3.05, 3.63) is 71.5 Å². The maximum absolute atomic E-state index is 12.3. The molecule has 0 saturated heterocycles. The number of halogens is 1. The predicted molar refractivity (Wildman–Crippen MR) is 140 cm³/mol. The second-order valence-electron chi connectivity index (χ2n) is 8.75. The number of ether oxygens (including phenoxy) is 2. The fourth-order valence-electron chi connectivity index (χ4n) is 4.15. The molecule has 0 radical (unpaired) electrons. The number of alkyl carbamates (subject to hydrolysis) is 1. The minimum Gasteiger partial charge on any atom is -0.483 e. The van der Waals surface area contributed by atoms with Gasteiger partial charge in [-0.05, 0) is 31.5 Å². The van der Waals surface area contributed by atoms with Crippen molar-refractivity contribution in [2.75, 3.05) is 38.8 Å². The third-order valence-corrected chi connectivity index (χ3v) is 5.92. The smallest absolute Gasteiger partial charge is 0.407 e. The van der Waals surface area contributed by atoms with E-state index in [2.05, 4.69) is 15.5 Å². The van der Waals surface area contributed by atoms with Crippen molar-refractivity contribution >= 4 is 22.8 Å². The van der Waals surface area contributed by atoms with Gasteiger partial charge in [-0.2, -0.15) is 10.2 Å². The molecule has 2 heterocycles. The first-order valence-electron chi connectivity index (χ1n) is 12.1. The highest BCUT2D eigenvalue weighted by Crippen LogP contribution is 2.34. The third kappa shape index (κ3) is 5.79. The van der Waals surface area contributed by atoms with E-state index in [1.54, 1.807) is 0 Å². The number of alkyl halides is 1. The summed E-state index contributed by atoms with van der Waals surface area (Å²) in [5.74, 6) is 1.31. The van der Waals surface area contributed by atoms with E-state index in [0.29, 0.717) is 18.0 Å². The molecular formula is C27H31FN6O3. The number of fused-ring (bicyclic) bond motifs is 1. The number of carbonyl (C=O) groups excluding carboxylic acids is 1. The summed E-state index contributed by atoms with van der Waals surface area (Å²) in [6.45, 7) is 3.30.